The van der Waals surface area contributed by atoms with E-state index in [1.807, 2.05) is 29.2 Å². The number of piperazine rings is 1. The second-order valence-corrected chi connectivity index (χ2v) is 8.46. The second kappa shape index (κ2) is 6.41. The summed E-state index contributed by atoms with van der Waals surface area (Å²) in [5.41, 5.74) is 2.23. The summed E-state index contributed by atoms with van der Waals surface area (Å²) in [4.78, 5) is 14.6. The number of benzene rings is 2. The highest BCUT2D eigenvalue weighted by Crippen LogP contribution is 2.34. The average molecular weight is 372 g/mol. The average Bonchev–Trinajstić information content (AvgIpc) is 2.67. The zero-order valence-corrected chi connectivity index (χ0v) is 15.3. The largest absolute Gasteiger partial charge is 0.497 e. The second-order valence-electron chi connectivity index (χ2n) is 6.52. The van der Waals surface area contributed by atoms with Crippen molar-refractivity contribution in [1.82, 2.24) is 9.21 Å². The van der Waals surface area contributed by atoms with Crippen LogP contribution in [0.2, 0.25) is 0 Å². The Morgan fingerprint density at radius 2 is 1.81 bits per heavy atom. The van der Waals surface area contributed by atoms with Gasteiger partial charge in [0.1, 0.15) is 5.75 Å². The molecule has 0 saturated carbocycles. The number of hydrogen-bond donors (Lipinski definition) is 0. The summed E-state index contributed by atoms with van der Waals surface area (Å²) in [5, 5.41) is 0. The molecular weight excluding hydrogens is 352 g/mol. The minimum Gasteiger partial charge on any atom is -0.497 e. The fraction of sp³-hybridized carbons (Fsp3) is 0.316. The fourth-order valence-corrected chi connectivity index (χ4v) is 5.12. The molecule has 1 fully saturated rings. The summed E-state index contributed by atoms with van der Waals surface area (Å²) in [6, 6.07) is 14.0. The fourth-order valence-electron chi connectivity index (χ4n) is 3.73. The summed E-state index contributed by atoms with van der Waals surface area (Å²) in [7, 11) is -2.21. The van der Waals surface area contributed by atoms with Crippen molar-refractivity contribution in [2.75, 3.05) is 26.7 Å². The number of sulfonamides is 1. The molecular formula is C19H20N2O4S. The van der Waals surface area contributed by atoms with Crippen LogP contribution in [0.3, 0.4) is 0 Å². The van der Waals surface area contributed by atoms with Crippen LogP contribution in [0.25, 0.3) is 0 Å². The van der Waals surface area contributed by atoms with Crippen LogP contribution >= 0.6 is 0 Å². The molecule has 0 bridgehead atoms. The zero-order valence-electron chi connectivity index (χ0n) is 14.5. The summed E-state index contributed by atoms with van der Waals surface area (Å²) in [5.74, 6) is 0.443. The van der Waals surface area contributed by atoms with Gasteiger partial charge in [-0.15, -0.1) is 0 Å². The lowest BCUT2D eigenvalue weighted by molar-refractivity contribution is -0.138. The molecule has 7 heteroatoms. The first-order valence-corrected chi connectivity index (χ1v) is 9.96. The van der Waals surface area contributed by atoms with E-state index in [1.165, 1.54) is 29.1 Å². The van der Waals surface area contributed by atoms with E-state index in [9.17, 15) is 13.2 Å². The molecule has 2 aromatic rings. The van der Waals surface area contributed by atoms with Crippen molar-refractivity contribution in [1.29, 1.82) is 0 Å². The molecule has 1 atom stereocenters. The predicted molar refractivity (Wildman–Crippen MR) is 96.4 cm³/mol. The number of fused-ring (bicyclic) bond motifs is 3. The molecule has 136 valence electrons. The molecule has 0 aromatic heterocycles. The van der Waals surface area contributed by atoms with Crippen LogP contribution in [0.5, 0.6) is 5.75 Å². The Morgan fingerprint density at radius 3 is 2.54 bits per heavy atom. The number of carbonyl (C=O) groups excluding carboxylic acids is 1. The van der Waals surface area contributed by atoms with Gasteiger partial charge in [0.15, 0.2) is 0 Å². The van der Waals surface area contributed by atoms with E-state index >= 15 is 0 Å². The van der Waals surface area contributed by atoms with Gasteiger partial charge in [0.25, 0.3) is 0 Å². The number of hydrogen-bond acceptors (Lipinski definition) is 4. The Kier molecular flexibility index (Phi) is 4.20. The SMILES string of the molecule is COc1ccc(S(=O)(=O)N2CC(=O)N3CCc4ccccc4C3C2)cc1. The topological polar surface area (TPSA) is 66.9 Å². The third-order valence-corrected chi connectivity index (χ3v) is 6.94. The monoisotopic (exact) mass is 372 g/mol. The van der Waals surface area contributed by atoms with Gasteiger partial charge in [-0.3, -0.25) is 4.79 Å². The van der Waals surface area contributed by atoms with Crippen LogP contribution < -0.4 is 4.74 Å². The third-order valence-electron chi connectivity index (χ3n) is 5.12. The zero-order chi connectivity index (χ0) is 18.3. The molecule has 0 spiro atoms. The van der Waals surface area contributed by atoms with Crippen molar-refractivity contribution >= 4 is 15.9 Å². The molecule has 2 aliphatic heterocycles. The van der Waals surface area contributed by atoms with Crippen LogP contribution in [0.4, 0.5) is 0 Å². The van der Waals surface area contributed by atoms with Gasteiger partial charge in [-0.05, 0) is 41.8 Å². The van der Waals surface area contributed by atoms with Crippen LogP contribution in [-0.2, 0) is 21.2 Å². The minimum atomic E-state index is -3.74. The first kappa shape index (κ1) is 17.1. The van der Waals surface area contributed by atoms with Gasteiger partial charge >= 0.3 is 0 Å². The van der Waals surface area contributed by atoms with Crippen LogP contribution in [0.1, 0.15) is 17.2 Å². The smallest absolute Gasteiger partial charge is 0.243 e. The highest BCUT2D eigenvalue weighted by molar-refractivity contribution is 7.89. The third kappa shape index (κ3) is 2.77. The van der Waals surface area contributed by atoms with E-state index in [-0.39, 0.29) is 29.9 Å². The predicted octanol–water partition coefficient (Wildman–Crippen LogP) is 1.83. The molecule has 2 aliphatic rings. The Labute approximate surface area is 153 Å². The number of methoxy groups -OCH3 is 1. The molecule has 6 nitrogen and oxygen atoms in total. The van der Waals surface area contributed by atoms with Gasteiger partial charge in [-0.25, -0.2) is 8.42 Å². The molecule has 2 aromatic carbocycles. The number of nitrogens with zero attached hydrogens (tertiary/aromatic N) is 2. The van der Waals surface area contributed by atoms with E-state index in [0.717, 1.165) is 12.0 Å². The molecule has 0 aliphatic carbocycles. The van der Waals surface area contributed by atoms with E-state index in [1.54, 1.807) is 12.1 Å². The summed E-state index contributed by atoms with van der Waals surface area (Å²) in [6.45, 7) is 0.793. The lowest BCUT2D eigenvalue weighted by Crippen LogP contribution is -2.55. The molecule has 1 amide bonds. The van der Waals surface area contributed by atoms with E-state index in [4.69, 9.17) is 4.74 Å². The summed E-state index contributed by atoms with van der Waals surface area (Å²) < 4.78 is 32.4. The molecule has 1 saturated heterocycles. The van der Waals surface area contributed by atoms with Gasteiger partial charge in [-0.1, -0.05) is 24.3 Å². The minimum absolute atomic E-state index is 0.118. The van der Waals surface area contributed by atoms with Crippen molar-refractivity contribution < 1.29 is 17.9 Å². The molecule has 0 radical (unpaired) electrons. The first-order chi connectivity index (χ1) is 12.5. The van der Waals surface area contributed by atoms with Crippen LogP contribution in [0, 0.1) is 0 Å². The van der Waals surface area contributed by atoms with Gasteiger partial charge in [0, 0.05) is 13.1 Å². The van der Waals surface area contributed by atoms with Crippen molar-refractivity contribution in [3.05, 3.63) is 59.7 Å². The van der Waals surface area contributed by atoms with E-state index < -0.39 is 10.0 Å². The van der Waals surface area contributed by atoms with Gasteiger partial charge in [-0.2, -0.15) is 4.31 Å². The molecule has 0 N–H and O–H groups in total. The lowest BCUT2D eigenvalue weighted by Gasteiger charge is -2.44. The maximum atomic E-state index is 13.0. The van der Waals surface area contributed by atoms with Crippen LogP contribution in [-0.4, -0.2) is 50.3 Å². The Morgan fingerprint density at radius 1 is 1.08 bits per heavy atom. The van der Waals surface area contributed by atoms with Crippen molar-refractivity contribution in [3.63, 3.8) is 0 Å². The van der Waals surface area contributed by atoms with Gasteiger partial charge in [0.05, 0.1) is 24.6 Å². The van der Waals surface area contributed by atoms with Gasteiger partial charge < -0.3 is 9.64 Å². The quantitative estimate of drug-likeness (QED) is 0.824. The van der Waals surface area contributed by atoms with Gasteiger partial charge in [0.2, 0.25) is 15.9 Å². The number of amides is 1. The first-order valence-electron chi connectivity index (χ1n) is 8.52. The van der Waals surface area contributed by atoms with Crippen molar-refractivity contribution in [2.24, 2.45) is 0 Å². The molecule has 26 heavy (non-hydrogen) atoms. The maximum Gasteiger partial charge on any atom is 0.243 e. The Hall–Kier alpha value is -2.38. The molecule has 1 unspecified atom stereocenters. The van der Waals surface area contributed by atoms with Crippen molar-refractivity contribution in [3.8, 4) is 5.75 Å². The number of carbonyl (C=O) groups is 1. The van der Waals surface area contributed by atoms with E-state index in [0.29, 0.717) is 12.3 Å². The summed E-state index contributed by atoms with van der Waals surface area (Å²) in [6.07, 6.45) is 0.809. The Balaban J connectivity index is 1.67. The van der Waals surface area contributed by atoms with Crippen molar-refractivity contribution in [2.45, 2.75) is 17.4 Å². The number of rotatable bonds is 3. The standard InChI is InChI=1S/C19H20N2O4S/c1-25-15-6-8-16(9-7-15)26(23,24)20-12-18-17-5-3-2-4-14(17)10-11-21(18)19(22)13-20/h2-9,18H,10-13H2,1H3. The van der Waals surface area contributed by atoms with Crippen LogP contribution in [0.15, 0.2) is 53.4 Å². The lowest BCUT2D eigenvalue weighted by atomic mass is 9.91. The maximum absolute atomic E-state index is 13.0. The molecule has 4 rings (SSSR count). The Bertz CT molecular complexity index is 940. The highest BCUT2D eigenvalue weighted by Gasteiger charge is 2.41. The normalized spacial score (nSPS) is 20.4. The number of ether oxygens (including phenoxy) is 1. The summed E-state index contributed by atoms with van der Waals surface area (Å²) >= 11 is 0. The highest BCUT2D eigenvalue weighted by atomic mass is 32.2. The van der Waals surface area contributed by atoms with E-state index in [2.05, 4.69) is 0 Å². The molecule has 2 heterocycles.